The number of benzene rings is 1. The third-order valence-electron chi connectivity index (χ3n) is 8.33. The highest BCUT2D eigenvalue weighted by molar-refractivity contribution is 5.78. The van der Waals surface area contributed by atoms with Crippen LogP contribution in [0.15, 0.2) is 44.6 Å². The fourth-order valence-electron chi connectivity index (χ4n) is 6.68. The van der Waals surface area contributed by atoms with Gasteiger partial charge in [-0.3, -0.25) is 9.59 Å². The van der Waals surface area contributed by atoms with Gasteiger partial charge in [0.2, 0.25) is 17.1 Å². The molecule has 3 unspecified atom stereocenters. The van der Waals surface area contributed by atoms with E-state index in [4.69, 9.17) is 9.15 Å². The molecule has 0 spiro atoms. The number of phenolic OH excluding ortho intramolecular Hbond substituents is 1. The maximum Gasteiger partial charge on any atom is 0.227 e. The standard InChI is InChI=1S/C29H35NO6/c1-16-12-24(32)28(34)29(36-16)22(18-10-11-23(31)25(14-18)35-2)15-26(33)30-27-19-7-5-9-21(27)20-8-4-3-6-17(20)13-19/h10-12,14,19,21-22,27,31,34H,3-9,13,15H2,1-2H3,(H,30,33)/t19?,21?,22?,27-/m0/s1. The molecule has 36 heavy (non-hydrogen) atoms. The van der Waals surface area contributed by atoms with E-state index in [2.05, 4.69) is 5.32 Å². The highest BCUT2D eigenvalue weighted by Gasteiger charge is 2.42. The fourth-order valence-corrected chi connectivity index (χ4v) is 6.68. The lowest BCUT2D eigenvalue weighted by atomic mass is 9.63. The van der Waals surface area contributed by atoms with E-state index < -0.39 is 17.1 Å². The Morgan fingerprint density at radius 2 is 1.97 bits per heavy atom. The van der Waals surface area contributed by atoms with Crippen LogP contribution in [0.2, 0.25) is 0 Å². The van der Waals surface area contributed by atoms with Gasteiger partial charge in [-0.2, -0.15) is 0 Å². The zero-order chi connectivity index (χ0) is 25.4. The second kappa shape index (κ2) is 10.0. The second-order valence-corrected chi connectivity index (χ2v) is 10.6. The summed E-state index contributed by atoms with van der Waals surface area (Å²) in [6, 6.07) is 6.10. The number of phenols is 1. The number of carbonyl (C=O) groups is 1. The Kier molecular flexibility index (Phi) is 6.82. The summed E-state index contributed by atoms with van der Waals surface area (Å²) >= 11 is 0. The first kappa shape index (κ1) is 24.5. The second-order valence-electron chi connectivity index (χ2n) is 10.6. The Morgan fingerprint density at radius 1 is 1.17 bits per heavy atom. The number of allylic oxidation sites excluding steroid dienone is 1. The van der Waals surface area contributed by atoms with Crippen LogP contribution in [-0.4, -0.2) is 29.3 Å². The average molecular weight is 494 g/mol. The van der Waals surface area contributed by atoms with Crippen LogP contribution < -0.4 is 15.5 Å². The first-order chi connectivity index (χ1) is 17.4. The van der Waals surface area contributed by atoms with Crippen molar-refractivity contribution in [2.75, 3.05) is 7.11 Å². The third kappa shape index (κ3) is 4.63. The van der Waals surface area contributed by atoms with Crippen molar-refractivity contribution >= 4 is 5.91 Å². The lowest BCUT2D eigenvalue weighted by Gasteiger charge is -2.46. The molecule has 2 aromatic rings. The van der Waals surface area contributed by atoms with Crippen LogP contribution in [0.4, 0.5) is 0 Å². The number of nitrogens with one attached hydrogen (secondary N) is 1. The summed E-state index contributed by atoms with van der Waals surface area (Å²) < 4.78 is 11.1. The smallest absolute Gasteiger partial charge is 0.227 e. The minimum atomic E-state index is -0.722. The van der Waals surface area contributed by atoms with E-state index in [1.54, 1.807) is 30.2 Å². The van der Waals surface area contributed by atoms with Crippen molar-refractivity contribution in [3.63, 3.8) is 0 Å². The quantitative estimate of drug-likeness (QED) is 0.485. The molecule has 3 N–H and O–H groups in total. The SMILES string of the molecule is COc1cc(C(CC(=O)N[C@H]2C3CCCC2C2=C(CCCC2)C3)c2oc(C)cc(=O)c2O)ccc1O. The van der Waals surface area contributed by atoms with Crippen LogP contribution >= 0.6 is 0 Å². The molecule has 1 aromatic heterocycles. The molecular weight excluding hydrogens is 458 g/mol. The fraction of sp³-hybridized carbons (Fsp3) is 0.517. The molecule has 1 heterocycles. The van der Waals surface area contributed by atoms with Gasteiger partial charge < -0.3 is 24.7 Å². The molecule has 1 amide bonds. The number of hydrogen-bond acceptors (Lipinski definition) is 6. The van der Waals surface area contributed by atoms with E-state index in [0.717, 1.165) is 25.7 Å². The zero-order valence-electron chi connectivity index (χ0n) is 21.0. The maximum atomic E-state index is 13.6. The van der Waals surface area contributed by atoms with Crippen molar-refractivity contribution in [3.05, 3.63) is 62.7 Å². The van der Waals surface area contributed by atoms with Gasteiger partial charge in [-0.05, 0) is 75.5 Å². The van der Waals surface area contributed by atoms with Gasteiger partial charge in [0.25, 0.3) is 0 Å². The van der Waals surface area contributed by atoms with Crippen LogP contribution in [0.3, 0.4) is 0 Å². The van der Waals surface area contributed by atoms with Crippen molar-refractivity contribution < 1.29 is 24.2 Å². The van der Waals surface area contributed by atoms with E-state index in [9.17, 15) is 19.8 Å². The molecule has 0 saturated heterocycles. The summed E-state index contributed by atoms with van der Waals surface area (Å²) in [5.41, 5.74) is 3.28. The summed E-state index contributed by atoms with van der Waals surface area (Å²) in [4.78, 5) is 25.9. The lowest BCUT2D eigenvalue weighted by molar-refractivity contribution is -0.123. The minimum absolute atomic E-state index is 0.00424. The normalized spacial score (nSPS) is 24.1. The molecule has 1 aromatic carbocycles. The van der Waals surface area contributed by atoms with Crippen LogP contribution in [0.1, 0.15) is 80.8 Å². The molecule has 0 aliphatic heterocycles. The minimum Gasteiger partial charge on any atom is -0.504 e. The monoisotopic (exact) mass is 493 g/mol. The van der Waals surface area contributed by atoms with E-state index in [-0.39, 0.29) is 35.6 Å². The Hall–Kier alpha value is -3.22. The highest BCUT2D eigenvalue weighted by atomic mass is 16.5. The molecule has 3 aliphatic carbocycles. The average Bonchev–Trinajstić information content (AvgIpc) is 2.85. The molecule has 5 rings (SSSR count). The number of aryl methyl sites for hydroxylation is 1. The summed E-state index contributed by atoms with van der Waals surface area (Å²) in [6.45, 7) is 1.64. The predicted molar refractivity (Wildman–Crippen MR) is 135 cm³/mol. The van der Waals surface area contributed by atoms with Crippen molar-refractivity contribution in [2.45, 2.75) is 76.7 Å². The van der Waals surface area contributed by atoms with E-state index in [0.29, 0.717) is 23.2 Å². The molecule has 1 fully saturated rings. The van der Waals surface area contributed by atoms with E-state index >= 15 is 0 Å². The number of fused-ring (bicyclic) bond motifs is 3. The molecule has 4 atom stereocenters. The summed E-state index contributed by atoms with van der Waals surface area (Å²) in [6.07, 6.45) is 9.40. The number of ether oxygens (including phenoxy) is 1. The lowest BCUT2D eigenvalue weighted by Crippen LogP contribution is -2.51. The van der Waals surface area contributed by atoms with Gasteiger partial charge in [0.15, 0.2) is 17.3 Å². The maximum absolute atomic E-state index is 13.6. The number of methoxy groups -OCH3 is 1. The van der Waals surface area contributed by atoms with Gasteiger partial charge in [-0.25, -0.2) is 0 Å². The van der Waals surface area contributed by atoms with Crippen molar-refractivity contribution in [3.8, 4) is 17.2 Å². The molecule has 0 radical (unpaired) electrons. The van der Waals surface area contributed by atoms with Crippen molar-refractivity contribution in [1.82, 2.24) is 5.32 Å². The van der Waals surface area contributed by atoms with Crippen molar-refractivity contribution in [1.29, 1.82) is 0 Å². The highest BCUT2D eigenvalue weighted by Crippen LogP contribution is 2.48. The summed E-state index contributed by atoms with van der Waals surface area (Å²) in [5.74, 6) is 0.106. The molecule has 1 saturated carbocycles. The Labute approximate surface area is 211 Å². The Morgan fingerprint density at radius 3 is 2.78 bits per heavy atom. The summed E-state index contributed by atoms with van der Waals surface area (Å²) in [5, 5.41) is 24.0. The molecular formula is C29H35NO6. The number of amides is 1. The molecule has 7 nitrogen and oxygen atoms in total. The van der Waals surface area contributed by atoms with Crippen molar-refractivity contribution in [2.24, 2.45) is 11.8 Å². The molecule has 7 heteroatoms. The largest absolute Gasteiger partial charge is 0.504 e. The van der Waals surface area contributed by atoms with Gasteiger partial charge in [0.1, 0.15) is 5.76 Å². The first-order valence-electron chi connectivity index (χ1n) is 13.1. The number of carbonyl (C=O) groups excluding carboxylic acids is 1. The Bertz CT molecular complexity index is 1240. The van der Waals surface area contributed by atoms with E-state index in [1.165, 1.54) is 44.9 Å². The third-order valence-corrected chi connectivity index (χ3v) is 8.33. The van der Waals surface area contributed by atoms with Gasteiger partial charge >= 0.3 is 0 Å². The predicted octanol–water partition coefficient (Wildman–Crippen LogP) is 5.07. The molecule has 3 aliphatic rings. The molecule has 192 valence electrons. The van der Waals surface area contributed by atoms with Gasteiger partial charge in [0, 0.05) is 24.4 Å². The van der Waals surface area contributed by atoms with Gasteiger partial charge in [-0.1, -0.05) is 23.6 Å². The van der Waals surface area contributed by atoms with Crippen LogP contribution in [0, 0.1) is 18.8 Å². The Balaban J connectivity index is 1.45. The topological polar surface area (TPSA) is 109 Å². The van der Waals surface area contributed by atoms with Gasteiger partial charge in [0.05, 0.1) is 13.0 Å². The summed E-state index contributed by atoms with van der Waals surface area (Å²) in [7, 11) is 1.45. The number of rotatable bonds is 6. The van der Waals surface area contributed by atoms with E-state index in [1.807, 2.05) is 0 Å². The van der Waals surface area contributed by atoms with Crippen LogP contribution in [0.5, 0.6) is 17.2 Å². The zero-order valence-corrected chi connectivity index (χ0v) is 21.0. The van der Waals surface area contributed by atoms with Gasteiger partial charge in [-0.15, -0.1) is 0 Å². The first-order valence-corrected chi connectivity index (χ1v) is 13.1. The van der Waals surface area contributed by atoms with Crippen LogP contribution in [0.25, 0.3) is 0 Å². The molecule has 2 bridgehead atoms. The number of aromatic hydroxyl groups is 2. The van der Waals surface area contributed by atoms with Crippen LogP contribution in [-0.2, 0) is 4.79 Å². The number of hydrogen-bond donors (Lipinski definition) is 3.